The fraction of sp³-hybridized carbons (Fsp3) is 0.667. The Bertz CT molecular complexity index is 709. The van der Waals surface area contributed by atoms with Crippen LogP contribution in [-0.2, 0) is 16.3 Å². The Morgan fingerprint density at radius 3 is 2.50 bits per heavy atom. The van der Waals surface area contributed by atoms with Crippen molar-refractivity contribution in [2.24, 2.45) is 10.4 Å². The number of nitrogens with one attached hydrogen (secondary N) is 1. The highest BCUT2D eigenvalue weighted by Gasteiger charge is 2.38. The summed E-state index contributed by atoms with van der Waals surface area (Å²) in [5.41, 5.74) is -0.0310. The smallest absolute Gasteiger partial charge is 0.381 e. The first-order valence-corrected chi connectivity index (χ1v) is 9.86. The van der Waals surface area contributed by atoms with Gasteiger partial charge >= 0.3 is 6.18 Å². The maximum absolute atomic E-state index is 13.2. The maximum atomic E-state index is 13.2. The van der Waals surface area contributed by atoms with Crippen molar-refractivity contribution in [3.8, 4) is 0 Å². The van der Waals surface area contributed by atoms with Gasteiger partial charge in [-0.3, -0.25) is 4.99 Å². The van der Waals surface area contributed by atoms with Gasteiger partial charge in [0.15, 0.2) is 5.96 Å². The summed E-state index contributed by atoms with van der Waals surface area (Å²) in [6.45, 7) is 7.98. The Hall–Kier alpha value is -1.76. The lowest BCUT2D eigenvalue weighted by molar-refractivity contribution is -0.137. The van der Waals surface area contributed by atoms with Crippen molar-refractivity contribution in [2.45, 2.75) is 44.7 Å². The number of benzene rings is 1. The number of hydrogen-bond acceptors (Lipinski definition) is 2. The summed E-state index contributed by atoms with van der Waals surface area (Å²) in [5, 5.41) is 3.46. The number of alkyl halides is 3. The van der Waals surface area contributed by atoms with Gasteiger partial charge in [-0.15, -0.1) is 0 Å². The van der Waals surface area contributed by atoms with E-state index in [1.807, 2.05) is 6.07 Å². The van der Waals surface area contributed by atoms with E-state index in [4.69, 9.17) is 4.74 Å². The zero-order valence-electron chi connectivity index (χ0n) is 16.9. The standard InChI is InChI=1S/C21H30F3N3O/c1-19(2)7-10-27(15-19)18(25-3)26-14-20(8-11-28-12-9-20)16-5-4-6-17(13-16)21(22,23)24/h4-6,13H,7-12,14-15H2,1-3H3,(H,25,26). The summed E-state index contributed by atoms with van der Waals surface area (Å²) < 4.78 is 45.2. The molecule has 1 aromatic rings. The molecule has 2 fully saturated rings. The molecule has 2 heterocycles. The number of hydrogen-bond donors (Lipinski definition) is 1. The highest BCUT2D eigenvalue weighted by atomic mass is 19.4. The second kappa shape index (κ2) is 7.93. The molecule has 0 saturated carbocycles. The second-order valence-corrected chi connectivity index (χ2v) is 8.71. The van der Waals surface area contributed by atoms with Crippen molar-refractivity contribution >= 4 is 5.96 Å². The lowest BCUT2D eigenvalue weighted by Crippen LogP contribution is -2.49. The fourth-order valence-corrected chi connectivity index (χ4v) is 4.23. The van der Waals surface area contributed by atoms with Gasteiger partial charge in [0, 0.05) is 45.3 Å². The Morgan fingerprint density at radius 1 is 1.21 bits per heavy atom. The molecule has 0 unspecified atom stereocenters. The molecule has 28 heavy (non-hydrogen) atoms. The minimum atomic E-state index is -4.34. The predicted molar refractivity (Wildman–Crippen MR) is 105 cm³/mol. The van der Waals surface area contributed by atoms with E-state index in [0.717, 1.165) is 37.1 Å². The molecule has 7 heteroatoms. The average molecular weight is 397 g/mol. The van der Waals surface area contributed by atoms with Crippen molar-refractivity contribution in [3.05, 3.63) is 35.4 Å². The molecule has 0 aliphatic carbocycles. The van der Waals surface area contributed by atoms with Gasteiger partial charge in [-0.25, -0.2) is 0 Å². The SMILES string of the molecule is CN=C(NCC1(c2cccc(C(F)(F)F)c2)CCOCC1)N1CCC(C)(C)C1. The number of ether oxygens (including phenoxy) is 1. The minimum absolute atomic E-state index is 0.245. The van der Waals surface area contributed by atoms with E-state index in [0.29, 0.717) is 32.6 Å². The van der Waals surface area contributed by atoms with E-state index in [1.54, 1.807) is 7.05 Å². The van der Waals surface area contributed by atoms with Crippen LogP contribution in [0.1, 0.15) is 44.2 Å². The average Bonchev–Trinajstić information content (AvgIpc) is 3.02. The van der Waals surface area contributed by atoms with Gasteiger partial charge in [-0.05, 0) is 36.3 Å². The molecule has 0 radical (unpaired) electrons. The molecule has 1 N–H and O–H groups in total. The van der Waals surface area contributed by atoms with E-state index in [1.165, 1.54) is 12.1 Å². The largest absolute Gasteiger partial charge is 0.416 e. The van der Waals surface area contributed by atoms with Gasteiger partial charge in [-0.1, -0.05) is 32.0 Å². The van der Waals surface area contributed by atoms with Crippen LogP contribution in [-0.4, -0.2) is 50.8 Å². The topological polar surface area (TPSA) is 36.9 Å². The number of nitrogens with zero attached hydrogens (tertiary/aromatic N) is 2. The highest BCUT2D eigenvalue weighted by molar-refractivity contribution is 5.80. The summed E-state index contributed by atoms with van der Waals surface area (Å²) in [4.78, 5) is 6.66. The molecule has 0 bridgehead atoms. The Balaban J connectivity index is 1.81. The third kappa shape index (κ3) is 4.62. The molecular weight excluding hydrogens is 367 g/mol. The van der Waals surface area contributed by atoms with Crippen molar-refractivity contribution in [1.82, 2.24) is 10.2 Å². The van der Waals surface area contributed by atoms with Gasteiger partial charge in [-0.2, -0.15) is 13.2 Å². The number of guanidine groups is 1. The van der Waals surface area contributed by atoms with Crippen LogP contribution in [0.5, 0.6) is 0 Å². The number of likely N-dealkylation sites (tertiary alicyclic amines) is 1. The van der Waals surface area contributed by atoms with Crippen LogP contribution >= 0.6 is 0 Å². The Kier molecular flexibility index (Phi) is 5.94. The Labute approximate surface area is 165 Å². The van der Waals surface area contributed by atoms with Crippen molar-refractivity contribution in [3.63, 3.8) is 0 Å². The molecule has 3 rings (SSSR count). The highest BCUT2D eigenvalue weighted by Crippen LogP contribution is 2.38. The van der Waals surface area contributed by atoms with Crippen molar-refractivity contribution < 1.29 is 17.9 Å². The molecule has 2 saturated heterocycles. The van der Waals surface area contributed by atoms with E-state index >= 15 is 0 Å². The van der Waals surface area contributed by atoms with Gasteiger partial charge in [0.1, 0.15) is 0 Å². The van der Waals surface area contributed by atoms with Crippen LogP contribution < -0.4 is 5.32 Å². The summed E-state index contributed by atoms with van der Waals surface area (Å²) in [6.07, 6.45) is -1.87. The number of halogens is 3. The van der Waals surface area contributed by atoms with Gasteiger partial charge in [0.05, 0.1) is 5.56 Å². The van der Waals surface area contributed by atoms with Crippen LogP contribution in [0.25, 0.3) is 0 Å². The molecule has 156 valence electrons. The first-order valence-electron chi connectivity index (χ1n) is 9.86. The first-order chi connectivity index (χ1) is 13.2. The minimum Gasteiger partial charge on any atom is -0.381 e. The van der Waals surface area contributed by atoms with Gasteiger partial charge in [0.25, 0.3) is 0 Å². The summed E-state index contributed by atoms with van der Waals surface area (Å²) in [7, 11) is 1.76. The zero-order chi connectivity index (χ0) is 20.4. The van der Waals surface area contributed by atoms with Crippen molar-refractivity contribution in [1.29, 1.82) is 0 Å². The summed E-state index contributed by atoms with van der Waals surface area (Å²) >= 11 is 0. The van der Waals surface area contributed by atoms with Crippen LogP contribution in [0.3, 0.4) is 0 Å². The molecule has 0 spiro atoms. The molecule has 0 aromatic heterocycles. The molecule has 2 aliphatic rings. The first kappa shape index (κ1) is 21.0. The molecule has 0 atom stereocenters. The predicted octanol–water partition coefficient (Wildman–Crippen LogP) is 4.06. The summed E-state index contributed by atoms with van der Waals surface area (Å²) in [5.74, 6) is 0.823. The zero-order valence-corrected chi connectivity index (χ0v) is 16.9. The normalized spacial score (nSPS) is 22.4. The quantitative estimate of drug-likeness (QED) is 0.617. The van der Waals surface area contributed by atoms with Crippen LogP contribution in [0.2, 0.25) is 0 Å². The maximum Gasteiger partial charge on any atom is 0.416 e. The third-order valence-corrected chi connectivity index (χ3v) is 6.03. The second-order valence-electron chi connectivity index (χ2n) is 8.71. The third-order valence-electron chi connectivity index (χ3n) is 6.03. The van der Waals surface area contributed by atoms with Crippen molar-refractivity contribution in [2.75, 3.05) is 39.9 Å². The van der Waals surface area contributed by atoms with Crippen LogP contribution in [0, 0.1) is 5.41 Å². The van der Waals surface area contributed by atoms with Gasteiger partial charge < -0.3 is 15.0 Å². The molecule has 1 aromatic carbocycles. The number of aliphatic imine (C=N–C) groups is 1. The molecule has 0 amide bonds. The lowest BCUT2D eigenvalue weighted by atomic mass is 9.73. The van der Waals surface area contributed by atoms with E-state index in [-0.39, 0.29) is 5.41 Å². The number of rotatable bonds is 3. The van der Waals surface area contributed by atoms with E-state index < -0.39 is 17.2 Å². The monoisotopic (exact) mass is 397 g/mol. The van der Waals surface area contributed by atoms with E-state index in [9.17, 15) is 13.2 Å². The Morgan fingerprint density at radius 2 is 1.93 bits per heavy atom. The van der Waals surface area contributed by atoms with Gasteiger partial charge in [0.2, 0.25) is 0 Å². The molecule has 2 aliphatic heterocycles. The van der Waals surface area contributed by atoms with Crippen LogP contribution in [0.15, 0.2) is 29.3 Å². The fourth-order valence-electron chi connectivity index (χ4n) is 4.23. The summed E-state index contributed by atoms with van der Waals surface area (Å²) in [6, 6.07) is 5.75. The lowest BCUT2D eigenvalue weighted by Gasteiger charge is -2.39. The van der Waals surface area contributed by atoms with Crippen LogP contribution in [0.4, 0.5) is 13.2 Å². The molecular formula is C21H30F3N3O. The van der Waals surface area contributed by atoms with E-state index in [2.05, 4.69) is 29.1 Å². The molecule has 4 nitrogen and oxygen atoms in total.